The molecule has 1 aromatic rings. The largest absolute Gasteiger partial charge is 0.494 e. The van der Waals surface area contributed by atoms with Gasteiger partial charge in [-0.05, 0) is 38.6 Å². The number of ether oxygens (including phenoxy) is 1. The summed E-state index contributed by atoms with van der Waals surface area (Å²) in [6, 6.07) is 4.45. The van der Waals surface area contributed by atoms with Gasteiger partial charge in [0, 0.05) is 13.1 Å². The molecule has 24 heavy (non-hydrogen) atoms. The Morgan fingerprint density at radius 1 is 1.42 bits per heavy atom. The summed E-state index contributed by atoms with van der Waals surface area (Å²) in [7, 11) is 0. The zero-order valence-corrected chi connectivity index (χ0v) is 14.4. The van der Waals surface area contributed by atoms with E-state index in [1.165, 1.54) is 12.1 Å². The SMILES string of the molecule is CCOc1ccc(NC(=O)CN2CCCNCC2)c([N+](=O)[O-])c1.Cl. The van der Waals surface area contributed by atoms with E-state index in [0.29, 0.717) is 12.4 Å². The first-order chi connectivity index (χ1) is 11.1. The number of halogens is 1. The zero-order valence-electron chi connectivity index (χ0n) is 13.6. The number of benzene rings is 1. The number of nitro groups is 1. The number of nitro benzene ring substituents is 1. The first-order valence-electron chi connectivity index (χ1n) is 7.74. The van der Waals surface area contributed by atoms with Gasteiger partial charge in [0.15, 0.2) is 0 Å². The number of amides is 1. The topological polar surface area (TPSA) is 96.7 Å². The van der Waals surface area contributed by atoms with E-state index in [1.54, 1.807) is 13.0 Å². The standard InChI is InChI=1S/C15H22N4O4.ClH/c1-2-23-12-4-5-13(14(10-12)19(21)22)17-15(20)11-18-8-3-6-16-7-9-18;/h4-5,10,16H,2-3,6-9,11H2,1H3,(H,17,20);1H. The number of anilines is 1. The number of carbonyl (C=O) groups excluding carboxylic acids is 1. The first-order valence-corrected chi connectivity index (χ1v) is 7.74. The molecule has 2 N–H and O–H groups in total. The summed E-state index contributed by atoms with van der Waals surface area (Å²) in [5, 5.41) is 17.1. The molecule has 1 amide bonds. The Labute approximate surface area is 147 Å². The van der Waals surface area contributed by atoms with Crippen LogP contribution in [-0.2, 0) is 4.79 Å². The van der Waals surface area contributed by atoms with Crippen molar-refractivity contribution in [2.24, 2.45) is 0 Å². The third-order valence-electron chi connectivity index (χ3n) is 3.55. The summed E-state index contributed by atoms with van der Waals surface area (Å²) in [5.41, 5.74) is 0.0261. The van der Waals surface area contributed by atoms with Gasteiger partial charge < -0.3 is 15.4 Å². The van der Waals surface area contributed by atoms with E-state index in [4.69, 9.17) is 4.74 Å². The molecule has 1 heterocycles. The van der Waals surface area contributed by atoms with E-state index < -0.39 is 4.92 Å². The van der Waals surface area contributed by atoms with E-state index in [1.807, 2.05) is 4.90 Å². The van der Waals surface area contributed by atoms with Crippen molar-refractivity contribution in [1.82, 2.24) is 10.2 Å². The van der Waals surface area contributed by atoms with Crippen molar-refractivity contribution in [3.8, 4) is 5.75 Å². The van der Waals surface area contributed by atoms with Gasteiger partial charge in [-0.2, -0.15) is 0 Å². The first kappa shape index (κ1) is 20.1. The fraction of sp³-hybridized carbons (Fsp3) is 0.533. The highest BCUT2D eigenvalue weighted by atomic mass is 35.5. The van der Waals surface area contributed by atoms with Crippen LogP contribution in [0.5, 0.6) is 5.75 Å². The van der Waals surface area contributed by atoms with E-state index >= 15 is 0 Å². The molecule has 1 aliphatic rings. The minimum Gasteiger partial charge on any atom is -0.494 e. The molecule has 134 valence electrons. The van der Waals surface area contributed by atoms with Gasteiger partial charge in [0.2, 0.25) is 5.91 Å². The van der Waals surface area contributed by atoms with E-state index in [0.717, 1.165) is 32.6 Å². The zero-order chi connectivity index (χ0) is 16.7. The number of nitrogens with zero attached hydrogens (tertiary/aromatic N) is 2. The molecule has 0 atom stereocenters. The van der Waals surface area contributed by atoms with Crippen LogP contribution in [0.3, 0.4) is 0 Å². The van der Waals surface area contributed by atoms with Crippen LogP contribution in [0.1, 0.15) is 13.3 Å². The fourth-order valence-corrected chi connectivity index (χ4v) is 2.48. The van der Waals surface area contributed by atoms with Crippen LogP contribution < -0.4 is 15.4 Å². The highest BCUT2D eigenvalue weighted by Crippen LogP contribution is 2.29. The monoisotopic (exact) mass is 358 g/mol. The van der Waals surface area contributed by atoms with Crippen LogP contribution >= 0.6 is 12.4 Å². The Kier molecular flexibility index (Phi) is 8.45. The quantitative estimate of drug-likeness (QED) is 0.593. The maximum absolute atomic E-state index is 12.2. The molecule has 1 aromatic carbocycles. The Balaban J connectivity index is 0.00000288. The van der Waals surface area contributed by atoms with Crippen molar-refractivity contribution < 1.29 is 14.5 Å². The van der Waals surface area contributed by atoms with E-state index in [9.17, 15) is 14.9 Å². The van der Waals surface area contributed by atoms with Gasteiger partial charge in [-0.1, -0.05) is 0 Å². The lowest BCUT2D eigenvalue weighted by Gasteiger charge is -2.18. The van der Waals surface area contributed by atoms with Crippen molar-refractivity contribution in [2.75, 3.05) is 44.6 Å². The number of nitrogens with one attached hydrogen (secondary N) is 2. The van der Waals surface area contributed by atoms with Crippen LogP contribution in [0.2, 0.25) is 0 Å². The number of rotatable bonds is 6. The maximum atomic E-state index is 12.2. The molecule has 0 aliphatic carbocycles. The fourth-order valence-electron chi connectivity index (χ4n) is 2.48. The van der Waals surface area contributed by atoms with Gasteiger partial charge >= 0.3 is 0 Å². The highest BCUT2D eigenvalue weighted by Gasteiger charge is 2.19. The minimum absolute atomic E-state index is 0. The predicted octanol–water partition coefficient (Wildman–Crippen LogP) is 1.65. The molecule has 0 spiro atoms. The average Bonchev–Trinajstić information content (AvgIpc) is 2.77. The molecule has 0 saturated carbocycles. The summed E-state index contributed by atoms with van der Waals surface area (Å²) in [5.74, 6) is 0.162. The average molecular weight is 359 g/mol. The molecule has 1 saturated heterocycles. The summed E-state index contributed by atoms with van der Waals surface area (Å²) >= 11 is 0. The Hall–Kier alpha value is -1.90. The molecule has 0 bridgehead atoms. The third-order valence-corrected chi connectivity index (χ3v) is 3.55. The van der Waals surface area contributed by atoms with Crippen LogP contribution in [0, 0.1) is 10.1 Å². The lowest BCUT2D eigenvalue weighted by molar-refractivity contribution is -0.384. The van der Waals surface area contributed by atoms with Crippen molar-refractivity contribution in [3.63, 3.8) is 0 Å². The smallest absolute Gasteiger partial charge is 0.296 e. The van der Waals surface area contributed by atoms with Crippen molar-refractivity contribution in [1.29, 1.82) is 0 Å². The number of carbonyl (C=O) groups is 1. The molecule has 8 nitrogen and oxygen atoms in total. The van der Waals surface area contributed by atoms with Gasteiger partial charge in [-0.3, -0.25) is 19.8 Å². The molecular formula is C15H23ClN4O4. The second kappa shape index (κ2) is 10.1. The Bertz CT molecular complexity index is 562. The highest BCUT2D eigenvalue weighted by molar-refractivity contribution is 5.94. The van der Waals surface area contributed by atoms with Crippen LogP contribution in [-0.4, -0.2) is 55.1 Å². The van der Waals surface area contributed by atoms with Gasteiger partial charge in [0.05, 0.1) is 24.1 Å². The number of hydrogen-bond acceptors (Lipinski definition) is 6. The van der Waals surface area contributed by atoms with Crippen molar-refractivity contribution >= 4 is 29.7 Å². The van der Waals surface area contributed by atoms with Crippen molar-refractivity contribution in [2.45, 2.75) is 13.3 Å². The normalized spacial score (nSPS) is 15.0. The molecule has 9 heteroatoms. The lowest BCUT2D eigenvalue weighted by atomic mass is 10.2. The molecule has 2 rings (SSSR count). The van der Waals surface area contributed by atoms with Gasteiger partial charge in [0.25, 0.3) is 5.69 Å². The molecule has 0 radical (unpaired) electrons. The van der Waals surface area contributed by atoms with Crippen LogP contribution in [0.25, 0.3) is 0 Å². The second-order valence-electron chi connectivity index (χ2n) is 5.30. The minimum atomic E-state index is -0.520. The lowest BCUT2D eigenvalue weighted by Crippen LogP contribution is -2.35. The van der Waals surface area contributed by atoms with Gasteiger partial charge in [-0.25, -0.2) is 0 Å². The second-order valence-corrected chi connectivity index (χ2v) is 5.30. The van der Waals surface area contributed by atoms with Gasteiger partial charge in [-0.15, -0.1) is 12.4 Å². The van der Waals surface area contributed by atoms with Crippen LogP contribution in [0.4, 0.5) is 11.4 Å². The molecular weight excluding hydrogens is 336 g/mol. The van der Waals surface area contributed by atoms with E-state index in [-0.39, 0.29) is 36.2 Å². The van der Waals surface area contributed by atoms with E-state index in [2.05, 4.69) is 10.6 Å². The van der Waals surface area contributed by atoms with Crippen LogP contribution in [0.15, 0.2) is 18.2 Å². The van der Waals surface area contributed by atoms with Gasteiger partial charge in [0.1, 0.15) is 11.4 Å². The summed E-state index contributed by atoms with van der Waals surface area (Å²) < 4.78 is 5.26. The predicted molar refractivity (Wildman–Crippen MR) is 94.1 cm³/mol. The van der Waals surface area contributed by atoms with Crippen molar-refractivity contribution in [3.05, 3.63) is 28.3 Å². The summed E-state index contributed by atoms with van der Waals surface area (Å²) in [6.07, 6.45) is 0.983. The maximum Gasteiger partial charge on any atom is 0.296 e. The summed E-state index contributed by atoms with van der Waals surface area (Å²) in [6.45, 7) is 5.87. The third kappa shape index (κ3) is 5.95. The Morgan fingerprint density at radius 2 is 2.21 bits per heavy atom. The molecule has 0 unspecified atom stereocenters. The molecule has 1 aliphatic heterocycles. The molecule has 0 aromatic heterocycles. The summed E-state index contributed by atoms with van der Waals surface area (Å²) in [4.78, 5) is 24.8. The molecule has 1 fully saturated rings. The Morgan fingerprint density at radius 3 is 2.92 bits per heavy atom. The number of hydrogen-bond donors (Lipinski definition) is 2.